The second kappa shape index (κ2) is 5.62. The summed E-state index contributed by atoms with van der Waals surface area (Å²) in [7, 11) is 1.77. The lowest BCUT2D eigenvalue weighted by Crippen LogP contribution is -2.33. The second-order valence-electron chi connectivity index (χ2n) is 7.02. The van der Waals surface area contributed by atoms with Crippen LogP contribution in [0, 0.1) is 0 Å². The Balaban J connectivity index is 1.74. The van der Waals surface area contributed by atoms with Crippen LogP contribution >= 0.6 is 0 Å². The van der Waals surface area contributed by atoms with E-state index >= 15 is 0 Å². The summed E-state index contributed by atoms with van der Waals surface area (Å²) in [5.41, 5.74) is 3.81. The van der Waals surface area contributed by atoms with Crippen LogP contribution in [0.4, 0.5) is 0 Å². The highest BCUT2D eigenvalue weighted by Crippen LogP contribution is 2.39. The van der Waals surface area contributed by atoms with Crippen molar-refractivity contribution in [1.82, 2.24) is 4.90 Å². The minimum absolute atomic E-state index is 0.341. The summed E-state index contributed by atoms with van der Waals surface area (Å²) in [6.45, 7) is 7.49. The van der Waals surface area contributed by atoms with Crippen molar-refractivity contribution < 1.29 is 9.84 Å². The van der Waals surface area contributed by atoms with Gasteiger partial charge >= 0.3 is 0 Å². The van der Waals surface area contributed by atoms with Gasteiger partial charge in [-0.2, -0.15) is 0 Å². The van der Waals surface area contributed by atoms with Crippen molar-refractivity contribution in [3.63, 3.8) is 0 Å². The number of hydrogen-bond acceptors (Lipinski definition) is 3. The van der Waals surface area contributed by atoms with Crippen LogP contribution in [0.25, 0.3) is 0 Å². The van der Waals surface area contributed by atoms with E-state index < -0.39 is 0 Å². The molecule has 0 bridgehead atoms. The zero-order chi connectivity index (χ0) is 15.0. The minimum Gasteiger partial charge on any atom is -0.496 e. The van der Waals surface area contributed by atoms with Gasteiger partial charge in [0.1, 0.15) is 5.75 Å². The van der Waals surface area contributed by atoms with Crippen LogP contribution in [-0.4, -0.2) is 35.8 Å². The molecule has 0 spiro atoms. The molecular weight excluding hydrogens is 262 g/mol. The molecule has 1 aromatic rings. The highest BCUT2D eigenvalue weighted by Gasteiger charge is 2.40. The summed E-state index contributed by atoms with van der Waals surface area (Å²) in [6, 6.07) is 4.55. The zero-order valence-electron chi connectivity index (χ0n) is 13.5. The average molecular weight is 289 g/mol. The molecule has 21 heavy (non-hydrogen) atoms. The summed E-state index contributed by atoms with van der Waals surface area (Å²) >= 11 is 0. The van der Waals surface area contributed by atoms with Crippen LogP contribution < -0.4 is 4.74 Å². The molecule has 3 rings (SSSR count). The highest BCUT2D eigenvalue weighted by molar-refractivity contribution is 5.46. The Labute approximate surface area is 127 Å². The molecule has 0 aromatic heterocycles. The monoisotopic (exact) mass is 289 g/mol. The van der Waals surface area contributed by atoms with E-state index in [1.165, 1.54) is 16.7 Å². The molecule has 3 heteroatoms. The Morgan fingerprint density at radius 2 is 2.10 bits per heavy atom. The third-order valence-electron chi connectivity index (χ3n) is 5.01. The number of aliphatic hydroxyl groups is 1. The number of ether oxygens (including phenoxy) is 1. The van der Waals surface area contributed by atoms with Gasteiger partial charge in [-0.05, 0) is 48.8 Å². The molecule has 1 saturated carbocycles. The Bertz CT molecular complexity index is 503. The van der Waals surface area contributed by atoms with Crippen LogP contribution in [0.1, 0.15) is 55.7 Å². The molecule has 1 aromatic carbocycles. The van der Waals surface area contributed by atoms with Gasteiger partial charge in [-0.15, -0.1) is 0 Å². The van der Waals surface area contributed by atoms with Gasteiger partial charge in [-0.1, -0.05) is 19.9 Å². The Hall–Kier alpha value is -1.06. The first kappa shape index (κ1) is 14.9. The van der Waals surface area contributed by atoms with Crippen molar-refractivity contribution in [2.24, 2.45) is 0 Å². The SMILES string of the molecule is COc1cc(C(C)C)cc2c1CN(CCC1(O)CC1)CC2. The van der Waals surface area contributed by atoms with E-state index in [2.05, 4.69) is 30.9 Å². The molecule has 0 amide bonds. The van der Waals surface area contributed by atoms with E-state index in [-0.39, 0.29) is 5.60 Å². The largest absolute Gasteiger partial charge is 0.496 e. The minimum atomic E-state index is -0.341. The predicted molar refractivity (Wildman–Crippen MR) is 84.9 cm³/mol. The lowest BCUT2D eigenvalue weighted by molar-refractivity contribution is 0.115. The molecular formula is C18H27NO2. The first-order valence-electron chi connectivity index (χ1n) is 8.15. The number of methoxy groups -OCH3 is 1. The molecule has 3 nitrogen and oxygen atoms in total. The van der Waals surface area contributed by atoms with Crippen LogP contribution in [-0.2, 0) is 13.0 Å². The van der Waals surface area contributed by atoms with Crippen LogP contribution in [0.3, 0.4) is 0 Å². The normalized spacial score (nSPS) is 20.4. The third kappa shape index (κ3) is 3.24. The molecule has 2 aliphatic rings. The number of fused-ring (bicyclic) bond motifs is 1. The molecule has 0 unspecified atom stereocenters. The number of benzene rings is 1. The fraction of sp³-hybridized carbons (Fsp3) is 0.667. The Morgan fingerprint density at radius 3 is 2.71 bits per heavy atom. The Kier molecular flexibility index (Phi) is 3.98. The molecule has 1 N–H and O–H groups in total. The standard InChI is InChI=1S/C18H27NO2/c1-13(2)15-10-14-4-8-19(9-7-18(20)5-6-18)12-16(14)17(11-15)21-3/h10-11,13,20H,4-9,12H2,1-3H3. The van der Waals surface area contributed by atoms with Crippen LogP contribution in [0.15, 0.2) is 12.1 Å². The summed E-state index contributed by atoms with van der Waals surface area (Å²) in [5, 5.41) is 10.0. The van der Waals surface area contributed by atoms with Crippen LogP contribution in [0.5, 0.6) is 5.75 Å². The fourth-order valence-electron chi connectivity index (χ4n) is 3.18. The second-order valence-corrected chi connectivity index (χ2v) is 7.02. The lowest BCUT2D eigenvalue weighted by Gasteiger charge is -2.31. The predicted octanol–water partition coefficient (Wildman–Crippen LogP) is 3.09. The molecule has 1 aliphatic heterocycles. The average Bonchev–Trinajstić information content (AvgIpc) is 3.22. The van der Waals surface area contributed by atoms with Crippen molar-refractivity contribution in [3.8, 4) is 5.75 Å². The fourth-order valence-corrected chi connectivity index (χ4v) is 3.18. The van der Waals surface area contributed by atoms with Crippen molar-refractivity contribution >= 4 is 0 Å². The highest BCUT2D eigenvalue weighted by atomic mass is 16.5. The number of nitrogens with zero attached hydrogens (tertiary/aromatic N) is 1. The van der Waals surface area contributed by atoms with E-state index in [9.17, 15) is 5.11 Å². The maximum atomic E-state index is 10.0. The smallest absolute Gasteiger partial charge is 0.123 e. The molecule has 1 fully saturated rings. The molecule has 1 aliphatic carbocycles. The van der Waals surface area contributed by atoms with E-state index in [1.807, 2.05) is 0 Å². The first-order valence-corrected chi connectivity index (χ1v) is 8.15. The van der Waals surface area contributed by atoms with Gasteiger partial charge in [0.05, 0.1) is 12.7 Å². The van der Waals surface area contributed by atoms with Crippen molar-refractivity contribution in [1.29, 1.82) is 0 Å². The van der Waals surface area contributed by atoms with Crippen LogP contribution in [0.2, 0.25) is 0 Å². The molecule has 1 heterocycles. The van der Waals surface area contributed by atoms with E-state index in [4.69, 9.17) is 4.74 Å². The quantitative estimate of drug-likeness (QED) is 0.904. The third-order valence-corrected chi connectivity index (χ3v) is 5.01. The molecule has 116 valence electrons. The van der Waals surface area contributed by atoms with Crippen molar-refractivity contribution in [2.45, 2.75) is 57.6 Å². The van der Waals surface area contributed by atoms with Gasteiger partial charge < -0.3 is 9.84 Å². The van der Waals surface area contributed by atoms with Crippen molar-refractivity contribution in [3.05, 3.63) is 28.8 Å². The number of hydrogen-bond donors (Lipinski definition) is 1. The van der Waals surface area contributed by atoms with Gasteiger partial charge in [-0.25, -0.2) is 0 Å². The van der Waals surface area contributed by atoms with E-state index in [0.717, 1.165) is 51.1 Å². The van der Waals surface area contributed by atoms with Gasteiger partial charge in [0.25, 0.3) is 0 Å². The van der Waals surface area contributed by atoms with E-state index in [0.29, 0.717) is 5.92 Å². The summed E-state index contributed by atoms with van der Waals surface area (Å²) in [5.74, 6) is 1.57. The Morgan fingerprint density at radius 1 is 1.33 bits per heavy atom. The van der Waals surface area contributed by atoms with Gasteiger partial charge in [0.2, 0.25) is 0 Å². The molecule has 0 saturated heterocycles. The maximum absolute atomic E-state index is 10.0. The lowest BCUT2D eigenvalue weighted by atomic mass is 9.92. The summed E-state index contributed by atoms with van der Waals surface area (Å²) in [4.78, 5) is 2.45. The van der Waals surface area contributed by atoms with Crippen molar-refractivity contribution in [2.75, 3.05) is 20.2 Å². The number of rotatable bonds is 5. The van der Waals surface area contributed by atoms with Gasteiger partial charge in [0, 0.05) is 25.2 Å². The summed E-state index contributed by atoms with van der Waals surface area (Å²) in [6.07, 6.45) is 3.97. The topological polar surface area (TPSA) is 32.7 Å². The van der Waals surface area contributed by atoms with E-state index in [1.54, 1.807) is 7.11 Å². The molecule has 0 radical (unpaired) electrons. The maximum Gasteiger partial charge on any atom is 0.123 e. The summed E-state index contributed by atoms with van der Waals surface area (Å²) < 4.78 is 5.63. The van der Waals surface area contributed by atoms with Gasteiger partial charge in [0.15, 0.2) is 0 Å². The van der Waals surface area contributed by atoms with Gasteiger partial charge in [-0.3, -0.25) is 4.90 Å². The molecule has 0 atom stereocenters. The zero-order valence-corrected chi connectivity index (χ0v) is 13.5. The first-order chi connectivity index (χ1) is 10.0.